The molecule has 1 aliphatic carbocycles. The van der Waals surface area contributed by atoms with E-state index in [4.69, 9.17) is 23.2 Å². The Morgan fingerprint density at radius 2 is 1.95 bits per heavy atom. The van der Waals surface area contributed by atoms with E-state index in [9.17, 15) is 9.59 Å². The van der Waals surface area contributed by atoms with E-state index in [0.29, 0.717) is 19.4 Å². The van der Waals surface area contributed by atoms with Crippen LogP contribution >= 0.6 is 23.2 Å². The minimum atomic E-state index is -1.02. The van der Waals surface area contributed by atoms with E-state index in [2.05, 4.69) is 5.32 Å². The van der Waals surface area contributed by atoms with Gasteiger partial charge in [0.15, 0.2) is 0 Å². The van der Waals surface area contributed by atoms with Crippen molar-refractivity contribution < 1.29 is 9.59 Å². The first-order valence-corrected chi connectivity index (χ1v) is 8.16. The summed E-state index contributed by atoms with van der Waals surface area (Å²) in [6, 6.07) is 8.98. The molecule has 1 aromatic carbocycles. The van der Waals surface area contributed by atoms with Crippen LogP contribution in [0.25, 0.3) is 0 Å². The van der Waals surface area contributed by atoms with Gasteiger partial charge in [0.1, 0.15) is 10.4 Å². The summed E-state index contributed by atoms with van der Waals surface area (Å²) < 4.78 is -1.02. The fraction of sp³-hybridized carbons (Fsp3) is 0.500. The summed E-state index contributed by atoms with van der Waals surface area (Å²) in [7, 11) is 0. The van der Waals surface area contributed by atoms with Crippen molar-refractivity contribution in [2.24, 2.45) is 5.41 Å². The van der Waals surface area contributed by atoms with Gasteiger partial charge >= 0.3 is 0 Å². The number of benzene rings is 1. The molecule has 2 aliphatic rings. The van der Waals surface area contributed by atoms with Crippen LogP contribution in [0.4, 0.5) is 5.69 Å². The van der Waals surface area contributed by atoms with Crippen LogP contribution in [-0.2, 0) is 9.59 Å². The molecular formula is C16H18Cl2N2O2. The average Bonchev–Trinajstić information content (AvgIpc) is 3.02. The smallest absolute Gasteiger partial charge is 0.249 e. The lowest BCUT2D eigenvalue weighted by Crippen LogP contribution is -2.54. The molecule has 118 valence electrons. The van der Waals surface area contributed by atoms with Crippen LogP contribution in [-0.4, -0.2) is 28.7 Å². The number of nitrogens with one attached hydrogen (secondary N) is 1. The van der Waals surface area contributed by atoms with Gasteiger partial charge in [-0.15, -0.1) is 23.2 Å². The summed E-state index contributed by atoms with van der Waals surface area (Å²) in [5, 5.41) is 2.83. The Labute approximate surface area is 139 Å². The number of para-hydroxylation sites is 1. The minimum absolute atomic E-state index is 0.0789. The Hall–Kier alpha value is -1.26. The lowest BCUT2D eigenvalue weighted by atomic mass is 10.0. The molecule has 1 heterocycles. The number of hydrogen-bond acceptors (Lipinski definition) is 2. The molecule has 3 rings (SSSR count). The molecule has 1 saturated heterocycles. The third-order valence-corrected chi connectivity index (χ3v) is 5.67. The highest BCUT2D eigenvalue weighted by molar-refractivity contribution is 6.53. The predicted octanol–water partition coefficient (Wildman–Crippen LogP) is 2.88. The van der Waals surface area contributed by atoms with Crippen LogP contribution < -0.4 is 10.2 Å². The summed E-state index contributed by atoms with van der Waals surface area (Å²) in [6.07, 6.45) is 1.90. The number of carbonyl (C=O) groups excluding carboxylic acids is 2. The Kier molecular flexibility index (Phi) is 3.86. The van der Waals surface area contributed by atoms with Crippen molar-refractivity contribution in [3.63, 3.8) is 0 Å². The Morgan fingerprint density at radius 1 is 1.32 bits per heavy atom. The quantitative estimate of drug-likeness (QED) is 0.860. The second kappa shape index (κ2) is 5.43. The van der Waals surface area contributed by atoms with Gasteiger partial charge in [0, 0.05) is 12.2 Å². The molecule has 1 aromatic rings. The third kappa shape index (κ3) is 2.59. The fourth-order valence-corrected chi connectivity index (χ4v) is 3.54. The van der Waals surface area contributed by atoms with Gasteiger partial charge in [-0.25, -0.2) is 0 Å². The van der Waals surface area contributed by atoms with Crippen LogP contribution in [0, 0.1) is 5.41 Å². The highest BCUT2D eigenvalue weighted by atomic mass is 35.5. The molecule has 0 bridgehead atoms. The molecule has 0 radical (unpaired) electrons. The number of piperidine rings is 1. The van der Waals surface area contributed by atoms with E-state index in [-0.39, 0.29) is 11.8 Å². The van der Waals surface area contributed by atoms with Gasteiger partial charge in [0.2, 0.25) is 11.8 Å². The monoisotopic (exact) mass is 340 g/mol. The summed E-state index contributed by atoms with van der Waals surface area (Å²) in [5.74, 6) is -0.324. The number of carbonyl (C=O) groups is 2. The van der Waals surface area contributed by atoms with E-state index < -0.39 is 15.8 Å². The van der Waals surface area contributed by atoms with Crippen LogP contribution in [0.2, 0.25) is 0 Å². The largest absolute Gasteiger partial charge is 0.344 e. The zero-order chi connectivity index (χ0) is 16.0. The second-order valence-corrected chi connectivity index (χ2v) is 7.69. The maximum absolute atomic E-state index is 12.6. The molecule has 1 aliphatic heterocycles. The highest BCUT2D eigenvalue weighted by Gasteiger charge is 2.68. The molecule has 0 aromatic heterocycles. The van der Waals surface area contributed by atoms with Gasteiger partial charge < -0.3 is 10.2 Å². The molecule has 2 amide bonds. The average molecular weight is 341 g/mol. The summed E-state index contributed by atoms with van der Waals surface area (Å²) >= 11 is 12.1. The highest BCUT2D eigenvalue weighted by Crippen LogP contribution is 2.63. The van der Waals surface area contributed by atoms with Gasteiger partial charge in [-0.3, -0.25) is 9.59 Å². The molecule has 2 atom stereocenters. The van der Waals surface area contributed by atoms with E-state index in [0.717, 1.165) is 12.1 Å². The number of nitrogens with zero attached hydrogens (tertiary/aromatic N) is 1. The first-order chi connectivity index (χ1) is 10.3. The summed E-state index contributed by atoms with van der Waals surface area (Å²) in [4.78, 5) is 26.7. The Bertz CT molecular complexity index is 605. The van der Waals surface area contributed by atoms with Gasteiger partial charge in [-0.2, -0.15) is 0 Å². The summed E-state index contributed by atoms with van der Waals surface area (Å²) in [5.41, 5.74) is 0.0546. The molecule has 2 fully saturated rings. The molecular weight excluding hydrogens is 323 g/mol. The predicted molar refractivity (Wildman–Crippen MR) is 87.1 cm³/mol. The standard InChI is InChI=1S/C16H18Cl2N2O2/c1-15(10-16(15,17)18)14(22)19-12-8-5-9-20(13(12)21)11-6-3-2-4-7-11/h2-4,6-7,12H,5,8-10H2,1H3,(H,19,22). The number of anilines is 1. The maximum Gasteiger partial charge on any atom is 0.249 e. The second-order valence-electron chi connectivity index (χ2n) is 6.21. The number of rotatable bonds is 3. The molecule has 1 N–H and O–H groups in total. The topological polar surface area (TPSA) is 49.4 Å². The lowest BCUT2D eigenvalue weighted by Gasteiger charge is -2.33. The molecule has 4 nitrogen and oxygen atoms in total. The Balaban J connectivity index is 1.70. The molecule has 22 heavy (non-hydrogen) atoms. The molecule has 1 saturated carbocycles. The summed E-state index contributed by atoms with van der Waals surface area (Å²) in [6.45, 7) is 2.39. The van der Waals surface area contributed by atoms with Crippen LogP contribution in [0.15, 0.2) is 30.3 Å². The van der Waals surface area contributed by atoms with E-state index in [1.165, 1.54) is 0 Å². The zero-order valence-electron chi connectivity index (χ0n) is 12.3. The van der Waals surface area contributed by atoms with Crippen molar-refractivity contribution in [1.29, 1.82) is 0 Å². The van der Waals surface area contributed by atoms with Crippen molar-refractivity contribution in [3.8, 4) is 0 Å². The van der Waals surface area contributed by atoms with Gasteiger partial charge in [-0.05, 0) is 38.3 Å². The van der Waals surface area contributed by atoms with Crippen molar-refractivity contribution in [2.45, 2.75) is 36.6 Å². The van der Waals surface area contributed by atoms with E-state index in [1.54, 1.807) is 11.8 Å². The van der Waals surface area contributed by atoms with E-state index in [1.807, 2.05) is 30.3 Å². The van der Waals surface area contributed by atoms with Crippen molar-refractivity contribution in [2.75, 3.05) is 11.4 Å². The SMILES string of the molecule is CC1(C(=O)NC2CCCN(c3ccccc3)C2=O)CC1(Cl)Cl. The normalized spacial score (nSPS) is 30.0. The van der Waals surface area contributed by atoms with Gasteiger partial charge in [0.25, 0.3) is 0 Å². The van der Waals surface area contributed by atoms with Crippen molar-refractivity contribution in [1.82, 2.24) is 5.32 Å². The molecule has 0 spiro atoms. The van der Waals surface area contributed by atoms with Crippen LogP contribution in [0.1, 0.15) is 26.2 Å². The first kappa shape index (κ1) is 15.6. The van der Waals surface area contributed by atoms with Gasteiger partial charge in [0.05, 0.1) is 5.41 Å². The number of hydrogen-bond donors (Lipinski definition) is 1. The van der Waals surface area contributed by atoms with Crippen LogP contribution in [0.3, 0.4) is 0 Å². The number of alkyl halides is 2. The molecule has 2 unspecified atom stereocenters. The minimum Gasteiger partial charge on any atom is -0.344 e. The lowest BCUT2D eigenvalue weighted by molar-refractivity contribution is -0.131. The number of halogens is 2. The first-order valence-electron chi connectivity index (χ1n) is 7.40. The third-order valence-electron chi connectivity index (χ3n) is 4.57. The zero-order valence-corrected chi connectivity index (χ0v) is 13.8. The fourth-order valence-electron chi connectivity index (χ4n) is 2.84. The Morgan fingerprint density at radius 3 is 2.55 bits per heavy atom. The van der Waals surface area contributed by atoms with Crippen LogP contribution in [0.5, 0.6) is 0 Å². The maximum atomic E-state index is 12.6. The van der Waals surface area contributed by atoms with Crippen molar-refractivity contribution >= 4 is 40.7 Å². The van der Waals surface area contributed by atoms with Gasteiger partial charge in [-0.1, -0.05) is 18.2 Å². The van der Waals surface area contributed by atoms with Crippen molar-refractivity contribution in [3.05, 3.63) is 30.3 Å². The number of amides is 2. The molecule has 6 heteroatoms. The van der Waals surface area contributed by atoms with E-state index >= 15 is 0 Å².